The molecule has 140 valence electrons. The molecule has 0 fully saturated rings. The third kappa shape index (κ3) is 3.68. The predicted molar refractivity (Wildman–Crippen MR) is 106 cm³/mol. The molecule has 7 heteroatoms. The van der Waals surface area contributed by atoms with Gasteiger partial charge >= 0.3 is 0 Å². The largest absolute Gasteiger partial charge is 0.384 e. The summed E-state index contributed by atoms with van der Waals surface area (Å²) in [7, 11) is 0. The molecule has 3 rings (SSSR count). The average Bonchev–Trinajstić information content (AvgIpc) is 2.68. The van der Waals surface area contributed by atoms with E-state index in [0.717, 1.165) is 5.56 Å². The summed E-state index contributed by atoms with van der Waals surface area (Å²) in [6, 6.07) is 13.8. The van der Waals surface area contributed by atoms with Gasteiger partial charge in [-0.15, -0.1) is 0 Å². The number of aromatic nitrogens is 1. The van der Waals surface area contributed by atoms with Crippen molar-refractivity contribution in [2.45, 2.75) is 19.9 Å². The number of nitrogen functional groups attached to an aromatic ring is 1. The van der Waals surface area contributed by atoms with Gasteiger partial charge in [0.25, 0.3) is 11.2 Å². The van der Waals surface area contributed by atoms with Gasteiger partial charge in [-0.25, -0.2) is 0 Å². The molecule has 3 aromatic rings. The minimum Gasteiger partial charge on any atom is -0.384 e. The van der Waals surface area contributed by atoms with E-state index in [1.165, 1.54) is 16.7 Å². The molecule has 0 amide bonds. The summed E-state index contributed by atoms with van der Waals surface area (Å²) in [5, 5.41) is 12.1. The summed E-state index contributed by atoms with van der Waals surface area (Å²) in [4.78, 5) is 23.6. The second-order valence-electron chi connectivity index (χ2n) is 6.12. The second kappa shape index (κ2) is 8.01. The summed E-state index contributed by atoms with van der Waals surface area (Å²) in [6.45, 7) is 3.39. The lowest BCUT2D eigenvalue weighted by Gasteiger charge is -2.17. The van der Waals surface area contributed by atoms with Crippen LogP contribution in [-0.2, 0) is 11.3 Å². The van der Waals surface area contributed by atoms with Crippen LogP contribution >= 0.6 is 0 Å². The summed E-state index contributed by atoms with van der Waals surface area (Å²) in [6.07, 6.45) is 0.618. The van der Waals surface area contributed by atoms with Gasteiger partial charge in [0.15, 0.2) is 0 Å². The van der Waals surface area contributed by atoms with E-state index in [-0.39, 0.29) is 16.6 Å². The van der Waals surface area contributed by atoms with Crippen molar-refractivity contribution in [2.75, 3.05) is 18.9 Å². The minimum absolute atomic E-state index is 0.121. The van der Waals surface area contributed by atoms with Crippen LogP contribution in [0.15, 0.2) is 53.3 Å². The first kappa shape index (κ1) is 18.6. The predicted octanol–water partition coefficient (Wildman–Crippen LogP) is 3.59. The number of hydrogen-bond acceptors (Lipinski definition) is 5. The second-order valence-corrected chi connectivity index (χ2v) is 6.12. The Bertz CT molecular complexity index is 1030. The highest BCUT2D eigenvalue weighted by Crippen LogP contribution is 2.33. The number of nitrogens with zero attached hydrogens (tertiary/aromatic N) is 2. The Kier molecular flexibility index (Phi) is 5.52. The molecular formula is C20H21N3O4. The van der Waals surface area contributed by atoms with E-state index < -0.39 is 4.92 Å². The molecule has 0 aliphatic carbocycles. The van der Waals surface area contributed by atoms with Crippen LogP contribution in [0.2, 0.25) is 0 Å². The third-order valence-electron chi connectivity index (χ3n) is 4.44. The standard InChI is InChI=1S/C20H21N3O4/c1-2-27-12-6-11-22-19(21)18(14-7-4-3-5-8-14)16-10-9-15(23(25)26)13-17(16)20(22)24/h3-5,7-10,13H,2,6,11-12,21H2,1H3. The highest BCUT2D eigenvalue weighted by molar-refractivity contribution is 6.01. The fourth-order valence-electron chi connectivity index (χ4n) is 3.17. The van der Waals surface area contributed by atoms with Crippen LogP contribution in [0.3, 0.4) is 0 Å². The van der Waals surface area contributed by atoms with E-state index in [0.29, 0.717) is 42.9 Å². The number of nitro groups is 1. The molecule has 0 atom stereocenters. The van der Waals surface area contributed by atoms with Crippen LogP contribution in [0.25, 0.3) is 21.9 Å². The zero-order valence-electron chi connectivity index (χ0n) is 15.1. The van der Waals surface area contributed by atoms with Crippen molar-refractivity contribution >= 4 is 22.3 Å². The van der Waals surface area contributed by atoms with E-state index in [1.807, 2.05) is 37.3 Å². The van der Waals surface area contributed by atoms with Gasteiger partial charge < -0.3 is 10.5 Å². The highest BCUT2D eigenvalue weighted by atomic mass is 16.6. The molecule has 0 saturated heterocycles. The lowest BCUT2D eigenvalue weighted by molar-refractivity contribution is -0.384. The van der Waals surface area contributed by atoms with Gasteiger partial charge in [0, 0.05) is 37.5 Å². The van der Waals surface area contributed by atoms with Gasteiger partial charge in [-0.05, 0) is 30.4 Å². The Labute approximate surface area is 156 Å². The maximum Gasteiger partial charge on any atom is 0.270 e. The molecule has 0 unspecified atom stereocenters. The lowest BCUT2D eigenvalue weighted by atomic mass is 9.99. The monoisotopic (exact) mass is 367 g/mol. The summed E-state index contributed by atoms with van der Waals surface area (Å²) >= 11 is 0. The molecule has 0 bridgehead atoms. The maximum atomic E-state index is 13.0. The van der Waals surface area contributed by atoms with Crippen molar-refractivity contribution in [2.24, 2.45) is 0 Å². The van der Waals surface area contributed by atoms with Crippen LogP contribution < -0.4 is 11.3 Å². The van der Waals surface area contributed by atoms with Crippen molar-refractivity contribution in [1.29, 1.82) is 0 Å². The summed E-state index contributed by atoms with van der Waals surface area (Å²) in [5.41, 5.74) is 7.49. The number of pyridine rings is 1. The Morgan fingerprint density at radius 3 is 2.56 bits per heavy atom. The van der Waals surface area contributed by atoms with Crippen LogP contribution in [0.4, 0.5) is 11.5 Å². The van der Waals surface area contributed by atoms with Crippen molar-refractivity contribution in [1.82, 2.24) is 4.57 Å². The Morgan fingerprint density at radius 1 is 1.15 bits per heavy atom. The van der Waals surface area contributed by atoms with Crippen molar-refractivity contribution in [3.05, 3.63) is 69.0 Å². The zero-order chi connectivity index (χ0) is 19.4. The molecule has 0 saturated carbocycles. The summed E-state index contributed by atoms with van der Waals surface area (Å²) in [5.74, 6) is 0.351. The van der Waals surface area contributed by atoms with Crippen LogP contribution in [0.1, 0.15) is 13.3 Å². The number of nitro benzene ring substituents is 1. The van der Waals surface area contributed by atoms with Crippen molar-refractivity contribution < 1.29 is 9.66 Å². The zero-order valence-corrected chi connectivity index (χ0v) is 15.1. The molecule has 2 N–H and O–H groups in total. The lowest BCUT2D eigenvalue weighted by Crippen LogP contribution is -2.25. The van der Waals surface area contributed by atoms with E-state index in [4.69, 9.17) is 10.5 Å². The Balaban J connectivity index is 2.24. The molecule has 1 aromatic heterocycles. The fourth-order valence-corrected chi connectivity index (χ4v) is 3.17. The fraction of sp³-hybridized carbons (Fsp3) is 0.250. The number of hydrogen-bond donors (Lipinski definition) is 1. The maximum absolute atomic E-state index is 13.0. The molecule has 0 spiro atoms. The van der Waals surface area contributed by atoms with Gasteiger partial charge in [0.2, 0.25) is 0 Å². The topological polar surface area (TPSA) is 100 Å². The van der Waals surface area contributed by atoms with E-state index in [9.17, 15) is 14.9 Å². The smallest absolute Gasteiger partial charge is 0.270 e. The molecule has 27 heavy (non-hydrogen) atoms. The number of fused-ring (bicyclic) bond motifs is 1. The highest BCUT2D eigenvalue weighted by Gasteiger charge is 2.18. The van der Waals surface area contributed by atoms with Crippen molar-refractivity contribution in [3.63, 3.8) is 0 Å². The van der Waals surface area contributed by atoms with Crippen LogP contribution in [0.5, 0.6) is 0 Å². The number of benzene rings is 2. The first-order chi connectivity index (χ1) is 13.0. The molecule has 1 heterocycles. The quantitative estimate of drug-likeness (QED) is 0.391. The minimum atomic E-state index is -0.503. The average molecular weight is 367 g/mol. The van der Waals surface area contributed by atoms with Gasteiger partial charge in [-0.1, -0.05) is 30.3 Å². The number of anilines is 1. The molecular weight excluding hydrogens is 346 g/mol. The summed E-state index contributed by atoms with van der Waals surface area (Å²) < 4.78 is 6.82. The van der Waals surface area contributed by atoms with E-state index >= 15 is 0 Å². The van der Waals surface area contributed by atoms with Crippen LogP contribution in [0, 0.1) is 10.1 Å². The first-order valence-corrected chi connectivity index (χ1v) is 8.78. The number of rotatable bonds is 7. The molecule has 0 radical (unpaired) electrons. The van der Waals surface area contributed by atoms with Gasteiger partial charge in [-0.3, -0.25) is 19.5 Å². The Hall–Kier alpha value is -3.19. The molecule has 0 aliphatic heterocycles. The van der Waals surface area contributed by atoms with E-state index in [2.05, 4.69) is 0 Å². The van der Waals surface area contributed by atoms with Crippen LogP contribution in [-0.4, -0.2) is 22.7 Å². The number of ether oxygens (including phenoxy) is 1. The first-order valence-electron chi connectivity index (χ1n) is 8.78. The number of nitrogens with two attached hydrogens (primary N) is 1. The van der Waals surface area contributed by atoms with Gasteiger partial charge in [0.05, 0.1) is 10.3 Å². The normalized spacial score (nSPS) is 11.0. The number of non-ortho nitro benzene ring substituents is 1. The molecule has 2 aromatic carbocycles. The van der Waals surface area contributed by atoms with E-state index in [1.54, 1.807) is 6.07 Å². The van der Waals surface area contributed by atoms with Crippen molar-refractivity contribution in [3.8, 4) is 11.1 Å². The van der Waals surface area contributed by atoms with Gasteiger partial charge in [-0.2, -0.15) is 0 Å². The Morgan fingerprint density at radius 2 is 1.89 bits per heavy atom. The third-order valence-corrected chi connectivity index (χ3v) is 4.44. The molecule has 7 nitrogen and oxygen atoms in total. The SMILES string of the molecule is CCOCCCn1c(N)c(-c2ccccc2)c2ccc([N+](=O)[O-])cc2c1=O. The molecule has 0 aliphatic rings. The van der Waals surface area contributed by atoms with Gasteiger partial charge in [0.1, 0.15) is 5.82 Å².